The van der Waals surface area contributed by atoms with Gasteiger partial charge in [0, 0.05) is 12.1 Å². The molecule has 2 fully saturated rings. The van der Waals surface area contributed by atoms with Gasteiger partial charge in [0.15, 0.2) is 0 Å². The van der Waals surface area contributed by atoms with E-state index < -0.39 is 0 Å². The molecule has 0 spiro atoms. The topological polar surface area (TPSA) is 29.1 Å². The van der Waals surface area contributed by atoms with E-state index in [1.165, 1.54) is 12.0 Å². The molecule has 0 aromatic heterocycles. The Bertz CT molecular complexity index is 301. The predicted octanol–water partition coefficient (Wildman–Crippen LogP) is 0.619. The second kappa shape index (κ2) is 1.58. The summed E-state index contributed by atoms with van der Waals surface area (Å²) in [6.45, 7) is 0.758. The Balaban J connectivity index is 2.10. The van der Waals surface area contributed by atoms with Crippen LogP contribution in [0.3, 0.4) is 0 Å². The maximum absolute atomic E-state index is 11.2. The van der Waals surface area contributed by atoms with E-state index in [9.17, 15) is 4.79 Å². The van der Waals surface area contributed by atoms with Crippen molar-refractivity contribution in [3.8, 4) is 0 Å². The zero-order chi connectivity index (χ0) is 7.42. The molecule has 2 heteroatoms. The van der Waals surface area contributed by atoms with Gasteiger partial charge in [-0.1, -0.05) is 12.2 Å². The van der Waals surface area contributed by atoms with Crippen molar-refractivity contribution in [2.24, 2.45) is 11.8 Å². The van der Waals surface area contributed by atoms with Gasteiger partial charge in [-0.05, 0) is 23.8 Å². The van der Waals surface area contributed by atoms with Crippen LogP contribution in [-0.2, 0) is 4.79 Å². The lowest BCUT2D eigenvalue weighted by atomic mass is 10.0. The van der Waals surface area contributed by atoms with Crippen LogP contribution in [0.25, 0.3) is 0 Å². The molecule has 0 aromatic carbocycles. The van der Waals surface area contributed by atoms with Crippen molar-refractivity contribution in [3.63, 3.8) is 0 Å². The Morgan fingerprint density at radius 1 is 1.36 bits per heavy atom. The minimum atomic E-state index is 0.126. The van der Waals surface area contributed by atoms with E-state index in [1.54, 1.807) is 0 Å². The molecule has 1 saturated heterocycles. The molecule has 2 aliphatic carbocycles. The van der Waals surface area contributed by atoms with Crippen LogP contribution in [0.5, 0.6) is 0 Å². The van der Waals surface area contributed by atoms with Gasteiger partial charge in [0.25, 0.3) is 5.91 Å². The van der Waals surface area contributed by atoms with Gasteiger partial charge in [-0.25, -0.2) is 0 Å². The average Bonchev–Trinajstić information content (AvgIpc) is 2.68. The molecule has 1 saturated carbocycles. The van der Waals surface area contributed by atoms with Crippen LogP contribution in [0.1, 0.15) is 6.42 Å². The Kier molecular flexibility index (Phi) is 0.799. The molecule has 2 atom stereocenters. The highest BCUT2D eigenvalue weighted by Gasteiger charge is 2.40. The summed E-state index contributed by atoms with van der Waals surface area (Å²) in [6.07, 6.45) is 5.67. The molecule has 56 valence electrons. The van der Waals surface area contributed by atoms with Crippen molar-refractivity contribution in [1.82, 2.24) is 5.32 Å². The molecule has 1 aliphatic heterocycles. The highest BCUT2D eigenvalue weighted by atomic mass is 16.2. The number of hydrogen-bond acceptors (Lipinski definition) is 1. The first kappa shape index (κ1) is 5.58. The number of carbonyl (C=O) groups is 1. The van der Waals surface area contributed by atoms with Crippen molar-refractivity contribution in [3.05, 3.63) is 23.3 Å². The van der Waals surface area contributed by atoms with Crippen LogP contribution in [0, 0.1) is 11.8 Å². The lowest BCUT2D eigenvalue weighted by Crippen LogP contribution is -2.14. The first-order valence-electron chi connectivity index (χ1n) is 4.06. The molecule has 3 aliphatic rings. The average molecular weight is 147 g/mol. The summed E-state index contributed by atoms with van der Waals surface area (Å²) >= 11 is 0. The molecule has 1 heterocycles. The van der Waals surface area contributed by atoms with E-state index >= 15 is 0 Å². The van der Waals surface area contributed by atoms with Crippen LogP contribution < -0.4 is 5.32 Å². The Labute approximate surface area is 65.0 Å². The van der Waals surface area contributed by atoms with E-state index in [4.69, 9.17) is 0 Å². The first-order valence-corrected chi connectivity index (χ1v) is 4.06. The van der Waals surface area contributed by atoms with Gasteiger partial charge in [0.05, 0.1) is 0 Å². The summed E-state index contributed by atoms with van der Waals surface area (Å²) < 4.78 is 0. The molecule has 2 unspecified atom stereocenters. The summed E-state index contributed by atoms with van der Waals surface area (Å²) in [5, 5.41) is 2.83. The second-order valence-corrected chi connectivity index (χ2v) is 3.52. The van der Waals surface area contributed by atoms with E-state index in [0.717, 1.165) is 18.0 Å². The van der Waals surface area contributed by atoms with Gasteiger partial charge in [-0.15, -0.1) is 0 Å². The van der Waals surface area contributed by atoms with Crippen LogP contribution in [0.4, 0.5) is 0 Å². The van der Waals surface area contributed by atoms with Gasteiger partial charge >= 0.3 is 0 Å². The third-order valence-electron chi connectivity index (χ3n) is 2.72. The van der Waals surface area contributed by atoms with Crippen molar-refractivity contribution >= 4 is 5.91 Å². The molecule has 11 heavy (non-hydrogen) atoms. The highest BCUT2D eigenvalue weighted by Crippen LogP contribution is 2.46. The van der Waals surface area contributed by atoms with E-state index in [1.807, 2.05) is 0 Å². The fourth-order valence-corrected chi connectivity index (χ4v) is 1.93. The quantitative estimate of drug-likeness (QED) is 0.534. The largest absolute Gasteiger partial charge is 0.348 e. The lowest BCUT2D eigenvalue weighted by Gasteiger charge is -2.01. The second-order valence-electron chi connectivity index (χ2n) is 3.52. The van der Waals surface area contributed by atoms with Crippen molar-refractivity contribution in [1.29, 1.82) is 0 Å². The zero-order valence-electron chi connectivity index (χ0n) is 6.13. The SMILES string of the molecule is O=C1NCC2=CC3CC3C=C12. The summed E-state index contributed by atoms with van der Waals surface area (Å²) in [4.78, 5) is 11.2. The molecular weight excluding hydrogens is 138 g/mol. The normalized spacial score (nSPS) is 38.4. The minimum Gasteiger partial charge on any atom is -0.348 e. The molecule has 0 radical (unpaired) electrons. The summed E-state index contributed by atoms with van der Waals surface area (Å²) in [5.41, 5.74) is 2.18. The summed E-state index contributed by atoms with van der Waals surface area (Å²) in [7, 11) is 0. The zero-order valence-corrected chi connectivity index (χ0v) is 6.13. The van der Waals surface area contributed by atoms with Gasteiger partial charge in [0.2, 0.25) is 0 Å². The maximum Gasteiger partial charge on any atom is 0.251 e. The van der Waals surface area contributed by atoms with Gasteiger partial charge < -0.3 is 5.32 Å². The van der Waals surface area contributed by atoms with Crippen molar-refractivity contribution < 1.29 is 4.79 Å². The van der Waals surface area contributed by atoms with Crippen LogP contribution in [0.2, 0.25) is 0 Å². The number of fused-ring (bicyclic) bond motifs is 2. The molecule has 1 amide bonds. The number of carbonyl (C=O) groups excluding carboxylic acids is 1. The molecular formula is C9H9NO. The molecule has 1 N–H and O–H groups in total. The van der Waals surface area contributed by atoms with E-state index in [-0.39, 0.29) is 5.91 Å². The van der Waals surface area contributed by atoms with E-state index in [0.29, 0.717) is 5.92 Å². The van der Waals surface area contributed by atoms with E-state index in [2.05, 4.69) is 17.5 Å². The number of nitrogens with one attached hydrogen (secondary N) is 1. The van der Waals surface area contributed by atoms with Crippen LogP contribution in [-0.4, -0.2) is 12.5 Å². The van der Waals surface area contributed by atoms with Gasteiger partial charge in [0.1, 0.15) is 0 Å². The summed E-state index contributed by atoms with van der Waals surface area (Å²) in [5.74, 6) is 1.58. The smallest absolute Gasteiger partial charge is 0.251 e. The predicted molar refractivity (Wildman–Crippen MR) is 40.8 cm³/mol. The number of allylic oxidation sites excluding steroid dienone is 2. The summed E-state index contributed by atoms with van der Waals surface area (Å²) in [6, 6.07) is 0. The molecule has 2 nitrogen and oxygen atoms in total. The number of rotatable bonds is 0. The van der Waals surface area contributed by atoms with Gasteiger partial charge in [-0.2, -0.15) is 0 Å². The standard InChI is InChI=1S/C9H9NO/c11-9-8-3-6-1-5(6)2-7(8)4-10-9/h2-3,5-6H,1,4H2,(H,10,11). The molecule has 0 bridgehead atoms. The number of hydrogen-bond donors (Lipinski definition) is 1. The maximum atomic E-state index is 11.2. The lowest BCUT2D eigenvalue weighted by molar-refractivity contribution is -0.116. The van der Waals surface area contributed by atoms with Gasteiger partial charge in [-0.3, -0.25) is 4.79 Å². The number of amides is 1. The minimum absolute atomic E-state index is 0.126. The fraction of sp³-hybridized carbons (Fsp3) is 0.444. The molecule has 0 aromatic rings. The third kappa shape index (κ3) is 0.642. The van der Waals surface area contributed by atoms with Crippen LogP contribution in [0.15, 0.2) is 23.3 Å². The first-order chi connectivity index (χ1) is 5.34. The Hall–Kier alpha value is -1.05. The van der Waals surface area contributed by atoms with Crippen molar-refractivity contribution in [2.45, 2.75) is 6.42 Å². The highest BCUT2D eigenvalue weighted by molar-refractivity contribution is 6.01. The third-order valence-corrected chi connectivity index (χ3v) is 2.72. The Morgan fingerprint density at radius 3 is 3.09 bits per heavy atom. The monoisotopic (exact) mass is 147 g/mol. The van der Waals surface area contributed by atoms with Crippen molar-refractivity contribution in [2.75, 3.05) is 6.54 Å². The van der Waals surface area contributed by atoms with Crippen LogP contribution >= 0.6 is 0 Å². The Morgan fingerprint density at radius 2 is 2.18 bits per heavy atom. The fourth-order valence-electron chi connectivity index (χ4n) is 1.93. The molecule has 3 rings (SSSR count).